The van der Waals surface area contributed by atoms with Gasteiger partial charge in [-0.15, -0.1) is 0 Å². The standard InChI is InChI=1S/C13H21NO5S/c1-12(2,3)19-11(15)14-10(8-17-20(14)16)13-6-4-9(18-13)5-7-13/h9-10H,4-8H2,1-3H3. The van der Waals surface area contributed by atoms with E-state index in [9.17, 15) is 9.00 Å². The molecule has 0 N–H and O–H groups in total. The van der Waals surface area contributed by atoms with Crippen molar-refractivity contribution in [1.29, 1.82) is 0 Å². The second kappa shape index (κ2) is 4.68. The van der Waals surface area contributed by atoms with Crippen LogP contribution in [0, 0.1) is 0 Å². The summed E-state index contributed by atoms with van der Waals surface area (Å²) in [5.41, 5.74) is -1.02. The van der Waals surface area contributed by atoms with Gasteiger partial charge < -0.3 is 9.47 Å². The van der Waals surface area contributed by atoms with Gasteiger partial charge in [-0.1, -0.05) is 0 Å². The van der Waals surface area contributed by atoms with Crippen LogP contribution in [-0.4, -0.2) is 44.6 Å². The van der Waals surface area contributed by atoms with Crippen molar-refractivity contribution in [3.63, 3.8) is 0 Å². The highest BCUT2D eigenvalue weighted by molar-refractivity contribution is 7.78. The lowest BCUT2D eigenvalue weighted by molar-refractivity contribution is -0.0408. The van der Waals surface area contributed by atoms with Gasteiger partial charge in [0, 0.05) is 0 Å². The lowest BCUT2D eigenvalue weighted by Crippen LogP contribution is -2.52. The first-order valence-electron chi connectivity index (χ1n) is 7.06. The Morgan fingerprint density at radius 3 is 2.50 bits per heavy atom. The van der Waals surface area contributed by atoms with Crippen LogP contribution in [-0.2, 0) is 24.9 Å². The summed E-state index contributed by atoms with van der Waals surface area (Å²) in [7, 11) is 0. The fourth-order valence-corrected chi connectivity index (χ4v) is 4.25. The molecule has 0 aromatic heterocycles. The van der Waals surface area contributed by atoms with Crippen molar-refractivity contribution in [3.05, 3.63) is 0 Å². The van der Waals surface area contributed by atoms with E-state index < -0.39 is 28.6 Å². The molecule has 3 rings (SSSR count). The fourth-order valence-electron chi connectivity index (χ4n) is 3.27. The Morgan fingerprint density at radius 1 is 1.35 bits per heavy atom. The van der Waals surface area contributed by atoms with Crippen LogP contribution < -0.4 is 0 Å². The monoisotopic (exact) mass is 303 g/mol. The van der Waals surface area contributed by atoms with Gasteiger partial charge in [-0.05, 0) is 46.5 Å². The van der Waals surface area contributed by atoms with Gasteiger partial charge in [0.15, 0.2) is 0 Å². The summed E-state index contributed by atoms with van der Waals surface area (Å²) < 4.78 is 29.8. The average Bonchev–Trinajstić information content (AvgIpc) is 2.99. The van der Waals surface area contributed by atoms with Crippen LogP contribution in [0.4, 0.5) is 4.79 Å². The lowest BCUT2D eigenvalue weighted by atomic mass is 9.83. The smallest absolute Gasteiger partial charge is 0.424 e. The zero-order valence-electron chi connectivity index (χ0n) is 12.1. The first-order chi connectivity index (χ1) is 9.31. The molecule has 0 aliphatic carbocycles. The molecule has 0 aromatic rings. The highest BCUT2D eigenvalue weighted by atomic mass is 32.2. The number of amides is 1. The molecule has 2 bridgehead atoms. The highest BCUT2D eigenvalue weighted by Crippen LogP contribution is 2.48. The predicted molar refractivity (Wildman–Crippen MR) is 72.0 cm³/mol. The van der Waals surface area contributed by atoms with Gasteiger partial charge in [-0.3, -0.25) is 4.18 Å². The third-order valence-electron chi connectivity index (χ3n) is 4.13. The molecule has 1 amide bonds. The molecule has 0 radical (unpaired) electrons. The number of carbonyl (C=O) groups excluding carboxylic acids is 1. The Bertz CT molecular complexity index is 439. The van der Waals surface area contributed by atoms with E-state index in [0.717, 1.165) is 25.7 Å². The quantitative estimate of drug-likeness (QED) is 0.740. The van der Waals surface area contributed by atoms with Crippen molar-refractivity contribution < 1.29 is 22.7 Å². The second-order valence-corrected chi connectivity index (χ2v) is 7.77. The van der Waals surface area contributed by atoms with Crippen molar-refractivity contribution in [1.82, 2.24) is 4.31 Å². The summed E-state index contributed by atoms with van der Waals surface area (Å²) in [5, 5.41) is 0. The van der Waals surface area contributed by atoms with Crippen LogP contribution >= 0.6 is 0 Å². The molecule has 0 spiro atoms. The van der Waals surface area contributed by atoms with Gasteiger partial charge in [0.2, 0.25) is 0 Å². The number of hydrogen-bond donors (Lipinski definition) is 0. The molecule has 3 aliphatic heterocycles. The van der Waals surface area contributed by atoms with Gasteiger partial charge in [-0.2, -0.15) is 4.31 Å². The normalized spacial score (nSPS) is 40.4. The number of fused-ring (bicyclic) bond motifs is 2. The van der Waals surface area contributed by atoms with Crippen LogP contribution in [0.2, 0.25) is 0 Å². The molecule has 20 heavy (non-hydrogen) atoms. The summed E-state index contributed by atoms with van der Waals surface area (Å²) in [6, 6.07) is -0.314. The summed E-state index contributed by atoms with van der Waals surface area (Å²) in [6.07, 6.45) is 3.48. The molecule has 0 saturated carbocycles. The molecule has 3 aliphatic rings. The van der Waals surface area contributed by atoms with Gasteiger partial charge in [0.25, 0.3) is 11.3 Å². The number of ether oxygens (including phenoxy) is 2. The zero-order chi connectivity index (χ0) is 14.5. The fraction of sp³-hybridized carbons (Fsp3) is 0.923. The number of nitrogens with zero attached hydrogens (tertiary/aromatic N) is 1. The number of hydrogen-bond acceptors (Lipinski definition) is 5. The highest BCUT2D eigenvalue weighted by Gasteiger charge is 2.58. The molecular formula is C13H21NO5S. The van der Waals surface area contributed by atoms with Crippen LogP contribution in [0.1, 0.15) is 46.5 Å². The minimum Gasteiger partial charge on any atom is -0.443 e. The molecule has 3 fully saturated rings. The molecule has 6 nitrogen and oxygen atoms in total. The van der Waals surface area contributed by atoms with Crippen LogP contribution in [0.25, 0.3) is 0 Å². The van der Waals surface area contributed by atoms with Gasteiger partial charge in [0.05, 0.1) is 18.3 Å². The molecule has 3 saturated heterocycles. The van der Waals surface area contributed by atoms with Crippen molar-refractivity contribution in [2.75, 3.05) is 6.61 Å². The minimum atomic E-state index is -1.78. The van der Waals surface area contributed by atoms with E-state index >= 15 is 0 Å². The Kier molecular flexibility index (Phi) is 3.34. The van der Waals surface area contributed by atoms with Gasteiger partial charge in [-0.25, -0.2) is 9.00 Å². The van der Waals surface area contributed by atoms with Gasteiger partial charge >= 0.3 is 6.09 Å². The molecule has 3 heterocycles. The molecular weight excluding hydrogens is 282 g/mol. The van der Waals surface area contributed by atoms with E-state index in [1.807, 2.05) is 0 Å². The zero-order valence-corrected chi connectivity index (χ0v) is 12.9. The first-order valence-corrected chi connectivity index (χ1v) is 8.09. The van der Waals surface area contributed by atoms with Crippen molar-refractivity contribution in [3.8, 4) is 0 Å². The van der Waals surface area contributed by atoms with E-state index in [1.165, 1.54) is 4.31 Å². The summed E-state index contributed by atoms with van der Waals surface area (Å²) in [6.45, 7) is 5.61. The molecule has 0 aromatic carbocycles. The lowest BCUT2D eigenvalue weighted by Gasteiger charge is -2.35. The maximum atomic E-state index is 12.3. The molecule has 7 heteroatoms. The summed E-state index contributed by atoms with van der Waals surface area (Å²) in [5.74, 6) is 0. The van der Waals surface area contributed by atoms with Gasteiger partial charge in [0.1, 0.15) is 11.6 Å². The number of rotatable bonds is 1. The van der Waals surface area contributed by atoms with E-state index in [0.29, 0.717) is 0 Å². The maximum absolute atomic E-state index is 12.3. The summed E-state index contributed by atoms with van der Waals surface area (Å²) in [4.78, 5) is 12.3. The molecule has 114 valence electrons. The van der Waals surface area contributed by atoms with E-state index in [4.69, 9.17) is 13.7 Å². The topological polar surface area (TPSA) is 65.1 Å². The van der Waals surface area contributed by atoms with Crippen molar-refractivity contribution in [2.45, 2.75) is 69.8 Å². The Labute approximate surface area is 121 Å². The second-order valence-electron chi connectivity index (χ2n) is 6.71. The van der Waals surface area contributed by atoms with E-state index in [2.05, 4.69) is 0 Å². The molecule has 2 unspecified atom stereocenters. The van der Waals surface area contributed by atoms with Crippen molar-refractivity contribution in [2.24, 2.45) is 0 Å². The summed E-state index contributed by atoms with van der Waals surface area (Å²) >= 11 is -1.78. The number of carbonyl (C=O) groups is 1. The van der Waals surface area contributed by atoms with Crippen molar-refractivity contribution >= 4 is 17.4 Å². The Balaban J connectivity index is 1.80. The van der Waals surface area contributed by atoms with E-state index in [1.54, 1.807) is 20.8 Å². The first kappa shape index (κ1) is 14.3. The third kappa shape index (κ3) is 2.35. The van der Waals surface area contributed by atoms with E-state index in [-0.39, 0.29) is 18.8 Å². The van der Waals surface area contributed by atoms with Crippen LogP contribution in [0.5, 0.6) is 0 Å². The molecule has 2 atom stereocenters. The third-order valence-corrected chi connectivity index (χ3v) is 5.19. The SMILES string of the molecule is CC(C)(C)OC(=O)N1C(C23CCC(CC2)O3)COS1=O. The average molecular weight is 303 g/mol. The maximum Gasteiger partial charge on any atom is 0.424 e. The van der Waals surface area contributed by atoms with Crippen LogP contribution in [0.3, 0.4) is 0 Å². The predicted octanol–water partition coefficient (Wildman–Crippen LogP) is 1.91. The van der Waals surface area contributed by atoms with Crippen LogP contribution in [0.15, 0.2) is 0 Å². The Morgan fingerprint density at radius 2 is 2.00 bits per heavy atom. The minimum absolute atomic E-state index is 0.249. The Hall–Kier alpha value is -0.660. The largest absolute Gasteiger partial charge is 0.443 e.